The minimum Gasteiger partial charge on any atom is -0.321 e. The van der Waals surface area contributed by atoms with Gasteiger partial charge in [0.15, 0.2) is 5.82 Å². The summed E-state index contributed by atoms with van der Waals surface area (Å²) in [4.78, 5) is 23.2. The molecule has 20 heavy (non-hydrogen) atoms. The van der Waals surface area contributed by atoms with Crippen LogP contribution in [0.15, 0.2) is 23.9 Å². The summed E-state index contributed by atoms with van der Waals surface area (Å²) in [5.74, 6) is 4.66. The SMILES string of the molecule is Cc1nn(N)c(NC(=O)C2C=CC=C([N+](=O)[O-])C2)c1Cl. The normalized spacial score (nSPS) is 17.7. The molecule has 0 saturated heterocycles. The van der Waals surface area contributed by atoms with Gasteiger partial charge in [-0.3, -0.25) is 14.9 Å². The fourth-order valence-corrected chi connectivity index (χ4v) is 2.00. The van der Waals surface area contributed by atoms with E-state index < -0.39 is 16.7 Å². The van der Waals surface area contributed by atoms with Crippen molar-refractivity contribution in [2.24, 2.45) is 5.92 Å². The molecule has 1 aromatic heterocycles. The zero-order valence-corrected chi connectivity index (χ0v) is 11.3. The molecule has 0 saturated carbocycles. The minimum atomic E-state index is -0.647. The topological polar surface area (TPSA) is 116 Å². The second-order valence-corrected chi connectivity index (χ2v) is 4.67. The zero-order valence-electron chi connectivity index (χ0n) is 10.5. The minimum absolute atomic E-state index is 0.0174. The third kappa shape index (κ3) is 2.64. The highest BCUT2D eigenvalue weighted by atomic mass is 35.5. The molecule has 1 aliphatic rings. The predicted molar refractivity (Wildman–Crippen MR) is 73.1 cm³/mol. The molecule has 0 aromatic carbocycles. The van der Waals surface area contributed by atoms with Crippen LogP contribution >= 0.6 is 11.6 Å². The number of nitrogens with two attached hydrogens (primary N) is 1. The van der Waals surface area contributed by atoms with Gasteiger partial charge in [-0.15, -0.1) is 0 Å². The van der Waals surface area contributed by atoms with E-state index in [2.05, 4.69) is 10.4 Å². The molecule has 0 spiro atoms. The first-order valence-corrected chi connectivity index (χ1v) is 6.10. The highest BCUT2D eigenvalue weighted by molar-refractivity contribution is 6.34. The van der Waals surface area contributed by atoms with Crippen molar-refractivity contribution in [1.29, 1.82) is 0 Å². The number of anilines is 1. The number of nitrogen functional groups attached to an aromatic ring is 1. The maximum atomic E-state index is 12.1. The van der Waals surface area contributed by atoms with E-state index in [1.54, 1.807) is 13.0 Å². The van der Waals surface area contributed by atoms with Gasteiger partial charge in [-0.05, 0) is 6.92 Å². The molecule has 8 nitrogen and oxygen atoms in total. The van der Waals surface area contributed by atoms with Crippen LogP contribution in [0, 0.1) is 23.0 Å². The van der Waals surface area contributed by atoms with Gasteiger partial charge in [-0.25, -0.2) is 0 Å². The van der Waals surface area contributed by atoms with E-state index in [0.29, 0.717) is 5.69 Å². The molecule has 1 aromatic rings. The van der Waals surface area contributed by atoms with Gasteiger partial charge in [0.1, 0.15) is 5.02 Å². The summed E-state index contributed by atoms with van der Waals surface area (Å²) >= 11 is 5.96. The molecule has 0 aliphatic heterocycles. The highest BCUT2D eigenvalue weighted by Gasteiger charge is 2.26. The van der Waals surface area contributed by atoms with Crippen molar-refractivity contribution in [1.82, 2.24) is 9.89 Å². The van der Waals surface area contributed by atoms with Crippen LogP contribution in [0.25, 0.3) is 0 Å². The van der Waals surface area contributed by atoms with Gasteiger partial charge in [0, 0.05) is 6.08 Å². The number of carbonyl (C=O) groups excluding carboxylic acids is 1. The Labute approximate surface area is 119 Å². The lowest BCUT2D eigenvalue weighted by Crippen LogP contribution is -2.27. The lowest BCUT2D eigenvalue weighted by molar-refractivity contribution is -0.428. The molecule has 1 amide bonds. The van der Waals surface area contributed by atoms with Crippen molar-refractivity contribution in [2.45, 2.75) is 13.3 Å². The smallest absolute Gasteiger partial charge is 0.247 e. The molecular formula is C11H12ClN5O3. The van der Waals surface area contributed by atoms with Gasteiger partial charge in [0.2, 0.25) is 11.6 Å². The van der Waals surface area contributed by atoms with Gasteiger partial charge in [-0.2, -0.15) is 9.89 Å². The summed E-state index contributed by atoms with van der Waals surface area (Å²) in [5.41, 5.74) is 0.464. The number of aryl methyl sites for hydroxylation is 1. The summed E-state index contributed by atoms with van der Waals surface area (Å²) in [5, 5.41) is 17.3. The summed E-state index contributed by atoms with van der Waals surface area (Å²) in [6.45, 7) is 1.65. The van der Waals surface area contributed by atoms with Gasteiger partial charge in [0.25, 0.3) is 0 Å². The molecule has 3 N–H and O–H groups in total. The first-order chi connectivity index (χ1) is 9.40. The predicted octanol–water partition coefficient (Wildman–Crippen LogP) is 1.23. The molecule has 106 valence electrons. The van der Waals surface area contributed by atoms with Crippen LogP contribution in [0.3, 0.4) is 0 Å². The molecule has 1 unspecified atom stereocenters. The maximum Gasteiger partial charge on any atom is 0.247 e. The molecule has 2 rings (SSSR count). The van der Waals surface area contributed by atoms with E-state index in [0.717, 1.165) is 4.79 Å². The Hall–Kier alpha value is -2.35. The largest absolute Gasteiger partial charge is 0.321 e. The highest BCUT2D eigenvalue weighted by Crippen LogP contribution is 2.26. The Bertz CT molecular complexity index is 634. The van der Waals surface area contributed by atoms with Crippen molar-refractivity contribution in [3.63, 3.8) is 0 Å². The van der Waals surface area contributed by atoms with Gasteiger partial charge in [-0.1, -0.05) is 23.8 Å². The standard InChI is InChI=1S/C11H12ClN5O3/c1-6-9(12)10(16(13)15-6)14-11(18)7-3-2-4-8(5-7)17(19)20/h2-4,7H,5,13H2,1H3,(H,14,18). The first kappa shape index (κ1) is 14.1. The number of halogens is 1. The van der Waals surface area contributed by atoms with Crippen LogP contribution in [0.4, 0.5) is 5.82 Å². The summed E-state index contributed by atoms with van der Waals surface area (Å²) < 4.78 is 0. The zero-order chi connectivity index (χ0) is 14.9. The lowest BCUT2D eigenvalue weighted by Gasteiger charge is -2.14. The molecule has 1 aliphatic carbocycles. The van der Waals surface area contributed by atoms with Gasteiger partial charge in [0.05, 0.1) is 23.0 Å². The summed E-state index contributed by atoms with van der Waals surface area (Å²) in [6, 6.07) is 0. The number of allylic oxidation sites excluding steroid dienone is 3. The van der Waals surface area contributed by atoms with Crippen LogP contribution < -0.4 is 11.2 Å². The van der Waals surface area contributed by atoms with Crippen molar-refractivity contribution in [3.05, 3.63) is 44.8 Å². The molecule has 0 radical (unpaired) electrons. The molecule has 1 atom stereocenters. The Balaban J connectivity index is 2.12. The molecule has 0 fully saturated rings. The number of rotatable bonds is 3. The molecule has 0 bridgehead atoms. The van der Waals surface area contributed by atoms with E-state index in [4.69, 9.17) is 17.4 Å². The molecular weight excluding hydrogens is 286 g/mol. The van der Waals surface area contributed by atoms with E-state index in [9.17, 15) is 14.9 Å². The number of nitrogens with one attached hydrogen (secondary N) is 1. The van der Waals surface area contributed by atoms with Crippen molar-refractivity contribution in [2.75, 3.05) is 11.2 Å². The van der Waals surface area contributed by atoms with Crippen molar-refractivity contribution >= 4 is 23.3 Å². The number of nitrogens with zero attached hydrogens (tertiary/aromatic N) is 3. The van der Waals surface area contributed by atoms with Gasteiger partial charge < -0.3 is 11.2 Å². The Morgan fingerprint density at radius 3 is 2.95 bits per heavy atom. The second-order valence-electron chi connectivity index (χ2n) is 4.29. The van der Waals surface area contributed by atoms with E-state index in [1.807, 2.05) is 0 Å². The summed E-state index contributed by atoms with van der Waals surface area (Å²) in [7, 11) is 0. The van der Waals surface area contributed by atoms with Crippen LogP contribution in [0.5, 0.6) is 0 Å². The number of hydrogen-bond acceptors (Lipinski definition) is 5. The van der Waals surface area contributed by atoms with E-state index in [-0.39, 0.29) is 23.0 Å². The number of amides is 1. The molecule has 9 heteroatoms. The average molecular weight is 298 g/mol. The first-order valence-electron chi connectivity index (χ1n) is 5.73. The van der Waals surface area contributed by atoms with E-state index in [1.165, 1.54) is 12.2 Å². The van der Waals surface area contributed by atoms with Crippen molar-refractivity contribution < 1.29 is 9.72 Å². The third-order valence-electron chi connectivity index (χ3n) is 2.89. The average Bonchev–Trinajstić information content (AvgIpc) is 2.65. The summed E-state index contributed by atoms with van der Waals surface area (Å²) in [6.07, 6.45) is 4.46. The quantitative estimate of drug-likeness (QED) is 0.494. The number of carbonyl (C=O) groups is 1. The van der Waals surface area contributed by atoms with Crippen LogP contribution in [-0.4, -0.2) is 20.7 Å². The van der Waals surface area contributed by atoms with Crippen LogP contribution in [-0.2, 0) is 4.79 Å². The Morgan fingerprint density at radius 1 is 1.70 bits per heavy atom. The van der Waals surface area contributed by atoms with Crippen LogP contribution in [0.2, 0.25) is 5.02 Å². The van der Waals surface area contributed by atoms with Crippen molar-refractivity contribution in [3.8, 4) is 0 Å². The number of nitro groups is 1. The maximum absolute atomic E-state index is 12.1. The number of hydrogen-bond donors (Lipinski definition) is 2. The number of aromatic nitrogens is 2. The second kappa shape index (κ2) is 5.33. The fraction of sp³-hybridized carbons (Fsp3) is 0.273. The molecule has 1 heterocycles. The Morgan fingerprint density at radius 2 is 2.40 bits per heavy atom. The fourth-order valence-electron chi connectivity index (χ4n) is 1.83. The third-order valence-corrected chi connectivity index (χ3v) is 3.34. The lowest BCUT2D eigenvalue weighted by atomic mass is 9.97. The van der Waals surface area contributed by atoms with Crippen LogP contribution in [0.1, 0.15) is 12.1 Å². The van der Waals surface area contributed by atoms with E-state index >= 15 is 0 Å². The monoisotopic (exact) mass is 297 g/mol. The Kier molecular flexibility index (Phi) is 3.75. The van der Waals surface area contributed by atoms with Gasteiger partial charge >= 0.3 is 0 Å².